The van der Waals surface area contributed by atoms with E-state index in [0.717, 1.165) is 13.0 Å². The van der Waals surface area contributed by atoms with Gasteiger partial charge in [-0.25, -0.2) is 0 Å². The number of fused-ring (bicyclic) bond motifs is 1. The number of benzene rings is 2. The predicted molar refractivity (Wildman–Crippen MR) is 97.9 cm³/mol. The van der Waals surface area contributed by atoms with Gasteiger partial charge in [0.1, 0.15) is 0 Å². The first-order chi connectivity index (χ1) is 10.7. The maximum Gasteiger partial charge on any atom is 0.222 e. The molecule has 0 saturated carbocycles. The summed E-state index contributed by atoms with van der Waals surface area (Å²) in [5.74, 6) is 0.238. The molecule has 2 aromatic carbocycles. The number of amides is 1. The molecule has 0 bridgehead atoms. The lowest BCUT2D eigenvalue weighted by Crippen LogP contribution is -2.29. The van der Waals surface area contributed by atoms with Gasteiger partial charge >= 0.3 is 0 Å². The van der Waals surface area contributed by atoms with Crippen LogP contribution in [-0.4, -0.2) is 30.4 Å². The molecule has 0 spiro atoms. The molecule has 1 fully saturated rings. The van der Waals surface area contributed by atoms with E-state index in [2.05, 4.69) is 47.8 Å². The fourth-order valence-electron chi connectivity index (χ4n) is 3.19. The largest absolute Gasteiger partial charge is 0.341 e. The fourth-order valence-corrected chi connectivity index (χ4v) is 3.19. The van der Waals surface area contributed by atoms with Gasteiger partial charge in [0, 0.05) is 26.1 Å². The van der Waals surface area contributed by atoms with E-state index in [0.29, 0.717) is 19.0 Å². The quantitative estimate of drug-likeness (QED) is 0.904. The summed E-state index contributed by atoms with van der Waals surface area (Å²) in [4.78, 5) is 14.1. The van der Waals surface area contributed by atoms with E-state index < -0.39 is 0 Å². The Balaban J connectivity index is 0.00000192. The topological polar surface area (TPSA) is 32.3 Å². The number of nitrogens with zero attached hydrogens (tertiary/aromatic N) is 1. The predicted octanol–water partition coefficient (Wildman–Crippen LogP) is 3.75. The number of rotatable bonds is 5. The van der Waals surface area contributed by atoms with Crippen molar-refractivity contribution in [1.82, 2.24) is 10.2 Å². The minimum absolute atomic E-state index is 0. The van der Waals surface area contributed by atoms with Crippen LogP contribution in [0.5, 0.6) is 0 Å². The Kier molecular flexibility index (Phi) is 6.43. The Hall–Kier alpha value is -1.58. The first-order valence-corrected chi connectivity index (χ1v) is 8.17. The van der Waals surface area contributed by atoms with Crippen LogP contribution in [0.3, 0.4) is 0 Å². The Morgan fingerprint density at radius 3 is 2.74 bits per heavy atom. The summed E-state index contributed by atoms with van der Waals surface area (Å²) in [7, 11) is 1.90. The maximum atomic E-state index is 12.3. The molecule has 1 aliphatic heterocycles. The molecule has 124 valence electrons. The Morgan fingerprint density at radius 2 is 2.00 bits per heavy atom. The summed E-state index contributed by atoms with van der Waals surface area (Å²) < 4.78 is 0. The molecule has 1 atom stereocenters. The monoisotopic (exact) mass is 332 g/mol. The minimum atomic E-state index is 0. The lowest BCUT2D eigenvalue weighted by Gasteiger charge is -2.19. The van der Waals surface area contributed by atoms with E-state index in [1.165, 1.54) is 29.2 Å². The van der Waals surface area contributed by atoms with Crippen LogP contribution in [0.25, 0.3) is 10.8 Å². The van der Waals surface area contributed by atoms with Gasteiger partial charge in [-0.1, -0.05) is 36.4 Å². The Bertz CT molecular complexity index is 653. The van der Waals surface area contributed by atoms with E-state index in [4.69, 9.17) is 0 Å². The molecule has 3 rings (SSSR count). The van der Waals surface area contributed by atoms with Crippen LogP contribution in [0, 0.1) is 0 Å². The number of carbonyl (C=O) groups excluding carboxylic acids is 1. The van der Waals surface area contributed by atoms with E-state index >= 15 is 0 Å². The average Bonchev–Trinajstić information content (AvgIpc) is 3.06. The number of hydrogen-bond donors (Lipinski definition) is 1. The number of hydrogen-bond acceptors (Lipinski definition) is 2. The highest BCUT2D eigenvalue weighted by molar-refractivity contribution is 5.85. The second-order valence-electron chi connectivity index (χ2n) is 6.26. The summed E-state index contributed by atoms with van der Waals surface area (Å²) in [6.07, 6.45) is 4.05. The van der Waals surface area contributed by atoms with Crippen molar-refractivity contribution in [2.75, 3.05) is 13.6 Å². The van der Waals surface area contributed by atoms with Crippen molar-refractivity contribution in [3.8, 4) is 0 Å². The van der Waals surface area contributed by atoms with Crippen molar-refractivity contribution in [2.24, 2.45) is 0 Å². The van der Waals surface area contributed by atoms with Crippen LogP contribution in [-0.2, 0) is 11.3 Å². The minimum Gasteiger partial charge on any atom is -0.341 e. The molecule has 4 heteroatoms. The third-order valence-corrected chi connectivity index (χ3v) is 4.53. The number of nitrogens with one attached hydrogen (secondary N) is 1. The molecule has 1 amide bonds. The molecule has 0 aliphatic carbocycles. The zero-order chi connectivity index (χ0) is 15.4. The van der Waals surface area contributed by atoms with Gasteiger partial charge in [0.15, 0.2) is 0 Å². The molecule has 0 aromatic heterocycles. The van der Waals surface area contributed by atoms with Gasteiger partial charge in [-0.15, -0.1) is 12.4 Å². The van der Waals surface area contributed by atoms with Crippen molar-refractivity contribution < 1.29 is 4.79 Å². The Labute approximate surface area is 144 Å². The summed E-state index contributed by atoms with van der Waals surface area (Å²) >= 11 is 0. The summed E-state index contributed by atoms with van der Waals surface area (Å²) in [5, 5.41) is 5.93. The molecule has 0 radical (unpaired) electrons. The summed E-state index contributed by atoms with van der Waals surface area (Å²) in [6.45, 7) is 1.79. The zero-order valence-electron chi connectivity index (χ0n) is 13.6. The van der Waals surface area contributed by atoms with E-state index in [1.807, 2.05) is 11.9 Å². The van der Waals surface area contributed by atoms with Crippen molar-refractivity contribution >= 4 is 29.1 Å². The molecular formula is C19H25ClN2O. The van der Waals surface area contributed by atoms with Crippen molar-refractivity contribution in [1.29, 1.82) is 0 Å². The number of halogens is 1. The highest BCUT2D eigenvalue weighted by Crippen LogP contribution is 2.17. The van der Waals surface area contributed by atoms with Gasteiger partial charge < -0.3 is 10.2 Å². The molecule has 1 unspecified atom stereocenters. The third kappa shape index (κ3) is 4.69. The highest BCUT2D eigenvalue weighted by atomic mass is 35.5. The van der Waals surface area contributed by atoms with Crippen molar-refractivity contribution in [3.63, 3.8) is 0 Å². The molecule has 1 aliphatic rings. The Morgan fingerprint density at radius 1 is 1.22 bits per heavy atom. The lowest BCUT2D eigenvalue weighted by molar-refractivity contribution is -0.130. The SMILES string of the molecule is CN(Cc1ccc2ccccc2c1)C(=O)CCC1CCCN1.Cl. The first kappa shape index (κ1) is 17.8. The van der Waals surface area contributed by atoms with Crippen LogP contribution >= 0.6 is 12.4 Å². The van der Waals surface area contributed by atoms with Gasteiger partial charge in [0.05, 0.1) is 0 Å². The normalized spacial score (nSPS) is 17.0. The first-order valence-electron chi connectivity index (χ1n) is 8.17. The van der Waals surface area contributed by atoms with Crippen LogP contribution in [0.15, 0.2) is 42.5 Å². The van der Waals surface area contributed by atoms with Crippen LogP contribution in [0.1, 0.15) is 31.2 Å². The summed E-state index contributed by atoms with van der Waals surface area (Å²) in [6, 6.07) is 15.3. The molecule has 1 heterocycles. The van der Waals surface area contributed by atoms with E-state index in [1.54, 1.807) is 0 Å². The van der Waals surface area contributed by atoms with Crippen LogP contribution < -0.4 is 5.32 Å². The molecular weight excluding hydrogens is 308 g/mol. The highest BCUT2D eigenvalue weighted by Gasteiger charge is 2.17. The third-order valence-electron chi connectivity index (χ3n) is 4.53. The van der Waals surface area contributed by atoms with Gasteiger partial charge in [0.25, 0.3) is 0 Å². The molecule has 1 saturated heterocycles. The molecule has 2 aromatic rings. The van der Waals surface area contributed by atoms with Crippen LogP contribution in [0.4, 0.5) is 0 Å². The van der Waals surface area contributed by atoms with Crippen molar-refractivity contribution in [2.45, 2.75) is 38.3 Å². The van der Waals surface area contributed by atoms with E-state index in [9.17, 15) is 4.79 Å². The van der Waals surface area contributed by atoms with Crippen LogP contribution in [0.2, 0.25) is 0 Å². The second-order valence-corrected chi connectivity index (χ2v) is 6.26. The van der Waals surface area contributed by atoms with Gasteiger partial charge in [-0.2, -0.15) is 0 Å². The average molecular weight is 333 g/mol. The second kappa shape index (κ2) is 8.32. The maximum absolute atomic E-state index is 12.3. The van der Waals surface area contributed by atoms with Gasteiger partial charge in [-0.05, 0) is 48.2 Å². The van der Waals surface area contributed by atoms with Gasteiger partial charge in [0.2, 0.25) is 5.91 Å². The smallest absolute Gasteiger partial charge is 0.222 e. The standard InChI is InChI=1S/C19H24N2O.ClH/c1-21(19(22)11-10-18-7-4-12-20-18)14-15-8-9-16-5-2-3-6-17(16)13-15;/h2-3,5-6,8-9,13,18,20H,4,7,10-12,14H2,1H3;1H. The van der Waals surface area contributed by atoms with Crippen molar-refractivity contribution in [3.05, 3.63) is 48.0 Å². The summed E-state index contributed by atoms with van der Waals surface area (Å²) in [5.41, 5.74) is 1.19. The molecule has 23 heavy (non-hydrogen) atoms. The lowest BCUT2D eigenvalue weighted by atomic mass is 10.1. The zero-order valence-corrected chi connectivity index (χ0v) is 14.4. The van der Waals surface area contributed by atoms with E-state index in [-0.39, 0.29) is 18.3 Å². The molecule has 3 nitrogen and oxygen atoms in total. The fraction of sp³-hybridized carbons (Fsp3) is 0.421. The molecule has 1 N–H and O–H groups in total. The van der Waals surface area contributed by atoms with Gasteiger partial charge in [-0.3, -0.25) is 4.79 Å². The number of carbonyl (C=O) groups is 1.